The number of halogens is 3. The van der Waals surface area contributed by atoms with E-state index in [-0.39, 0.29) is 33.2 Å². The zero-order chi connectivity index (χ0) is 23.0. The van der Waals surface area contributed by atoms with E-state index in [1.54, 1.807) is 24.3 Å². The molecule has 9 heteroatoms. The SMILES string of the molecule is O=C(COC(=O)c1ccc2c(c1)C(=O)N(c1ccc(Cl)cc1Cl)C2=O)c1ccc(Br)cc1. The van der Waals surface area contributed by atoms with Crippen molar-refractivity contribution in [3.63, 3.8) is 0 Å². The highest BCUT2D eigenvalue weighted by atomic mass is 79.9. The Labute approximate surface area is 200 Å². The average molecular weight is 533 g/mol. The van der Waals surface area contributed by atoms with Crippen molar-refractivity contribution in [1.82, 2.24) is 0 Å². The van der Waals surface area contributed by atoms with Gasteiger partial charge in [0.2, 0.25) is 0 Å². The summed E-state index contributed by atoms with van der Waals surface area (Å²) >= 11 is 15.3. The molecule has 2 amide bonds. The number of anilines is 1. The number of esters is 1. The van der Waals surface area contributed by atoms with E-state index in [1.807, 2.05) is 0 Å². The summed E-state index contributed by atoms with van der Waals surface area (Å²) in [6.07, 6.45) is 0. The Bertz CT molecular complexity index is 1290. The summed E-state index contributed by atoms with van der Waals surface area (Å²) in [4.78, 5) is 51.2. The highest BCUT2D eigenvalue weighted by molar-refractivity contribution is 9.10. The fourth-order valence-electron chi connectivity index (χ4n) is 3.18. The van der Waals surface area contributed by atoms with Crippen LogP contribution in [0.15, 0.2) is 65.1 Å². The number of fused-ring (bicyclic) bond motifs is 1. The number of imide groups is 1. The first kappa shape index (κ1) is 22.2. The lowest BCUT2D eigenvalue weighted by atomic mass is 10.1. The number of Topliss-reactive ketones (excluding diaryl/α,β-unsaturated/α-hetero) is 1. The molecular weight excluding hydrogens is 521 g/mol. The minimum atomic E-state index is -0.790. The summed E-state index contributed by atoms with van der Waals surface area (Å²) in [5.41, 5.74) is 0.786. The first-order valence-electron chi connectivity index (χ1n) is 9.20. The van der Waals surface area contributed by atoms with Crippen LogP contribution in [-0.2, 0) is 4.74 Å². The molecule has 0 saturated carbocycles. The maximum Gasteiger partial charge on any atom is 0.338 e. The smallest absolute Gasteiger partial charge is 0.338 e. The molecule has 1 heterocycles. The Hall–Kier alpha value is -3.00. The third-order valence-electron chi connectivity index (χ3n) is 4.77. The summed E-state index contributed by atoms with van der Waals surface area (Å²) < 4.78 is 5.91. The fourth-order valence-corrected chi connectivity index (χ4v) is 3.94. The van der Waals surface area contributed by atoms with Gasteiger partial charge in [0.05, 0.1) is 27.4 Å². The zero-order valence-electron chi connectivity index (χ0n) is 16.1. The van der Waals surface area contributed by atoms with Crippen LogP contribution in [0.4, 0.5) is 5.69 Å². The number of hydrogen-bond acceptors (Lipinski definition) is 5. The van der Waals surface area contributed by atoms with E-state index in [2.05, 4.69) is 15.9 Å². The van der Waals surface area contributed by atoms with Gasteiger partial charge >= 0.3 is 5.97 Å². The number of rotatable bonds is 5. The fraction of sp³-hybridized carbons (Fsp3) is 0.0435. The normalized spacial score (nSPS) is 12.7. The lowest BCUT2D eigenvalue weighted by Crippen LogP contribution is -2.29. The van der Waals surface area contributed by atoms with Gasteiger partial charge in [-0.1, -0.05) is 51.3 Å². The van der Waals surface area contributed by atoms with E-state index < -0.39 is 24.4 Å². The molecule has 0 aliphatic carbocycles. The Balaban J connectivity index is 1.52. The largest absolute Gasteiger partial charge is 0.454 e. The van der Waals surface area contributed by atoms with Gasteiger partial charge in [0.1, 0.15) is 0 Å². The van der Waals surface area contributed by atoms with Crippen molar-refractivity contribution in [1.29, 1.82) is 0 Å². The first-order chi connectivity index (χ1) is 15.3. The van der Waals surface area contributed by atoms with Gasteiger partial charge in [-0.2, -0.15) is 0 Å². The standard InChI is InChI=1S/C23H12BrCl2NO5/c24-14-4-1-12(2-5-14)20(28)11-32-23(31)13-3-7-16-17(9-13)22(30)27(21(16)29)19-8-6-15(25)10-18(19)26/h1-10H,11H2. The molecule has 0 bridgehead atoms. The molecule has 0 atom stereocenters. The van der Waals surface area contributed by atoms with E-state index in [4.69, 9.17) is 27.9 Å². The Morgan fingerprint density at radius 2 is 1.50 bits per heavy atom. The van der Waals surface area contributed by atoms with Gasteiger partial charge in [0, 0.05) is 15.1 Å². The van der Waals surface area contributed by atoms with Gasteiger partial charge < -0.3 is 4.74 Å². The lowest BCUT2D eigenvalue weighted by Gasteiger charge is -2.15. The van der Waals surface area contributed by atoms with Crippen LogP contribution in [0.2, 0.25) is 10.0 Å². The number of amides is 2. The number of ether oxygens (including phenoxy) is 1. The Morgan fingerprint density at radius 3 is 2.19 bits per heavy atom. The number of carbonyl (C=O) groups excluding carboxylic acids is 4. The molecule has 0 saturated heterocycles. The second kappa shape index (κ2) is 8.86. The third kappa shape index (κ3) is 4.19. The van der Waals surface area contributed by atoms with Crippen molar-refractivity contribution >= 4 is 68.4 Å². The number of ketones is 1. The van der Waals surface area contributed by atoms with Crippen molar-refractivity contribution in [3.05, 3.63) is 97.4 Å². The number of carbonyl (C=O) groups is 4. The van der Waals surface area contributed by atoms with Crippen LogP contribution in [0.3, 0.4) is 0 Å². The van der Waals surface area contributed by atoms with E-state index in [9.17, 15) is 19.2 Å². The predicted molar refractivity (Wildman–Crippen MR) is 123 cm³/mol. The van der Waals surface area contributed by atoms with Crippen LogP contribution in [0.25, 0.3) is 0 Å². The van der Waals surface area contributed by atoms with Crippen LogP contribution < -0.4 is 4.90 Å². The number of benzene rings is 3. The molecule has 4 rings (SSSR count). The quantitative estimate of drug-likeness (QED) is 0.243. The number of hydrogen-bond donors (Lipinski definition) is 0. The molecule has 0 spiro atoms. The van der Waals surface area contributed by atoms with Crippen molar-refractivity contribution in [2.24, 2.45) is 0 Å². The topological polar surface area (TPSA) is 80.8 Å². The van der Waals surface area contributed by atoms with Gasteiger partial charge in [-0.05, 0) is 48.5 Å². The monoisotopic (exact) mass is 531 g/mol. The molecule has 3 aromatic rings. The van der Waals surface area contributed by atoms with E-state index in [1.165, 1.54) is 36.4 Å². The summed E-state index contributed by atoms with van der Waals surface area (Å²) in [5, 5.41) is 0.496. The first-order valence-corrected chi connectivity index (χ1v) is 10.7. The second-order valence-corrected chi connectivity index (χ2v) is 8.57. The molecule has 0 radical (unpaired) electrons. The summed E-state index contributed by atoms with van der Waals surface area (Å²) in [7, 11) is 0. The predicted octanol–water partition coefficient (Wildman–Crippen LogP) is 5.60. The second-order valence-electron chi connectivity index (χ2n) is 6.81. The summed E-state index contributed by atoms with van der Waals surface area (Å²) in [5.74, 6) is -2.36. The van der Waals surface area contributed by atoms with Crippen molar-refractivity contribution in [2.45, 2.75) is 0 Å². The molecule has 3 aromatic carbocycles. The Kier molecular flexibility index (Phi) is 6.15. The minimum Gasteiger partial charge on any atom is -0.454 e. The number of nitrogens with zero attached hydrogens (tertiary/aromatic N) is 1. The highest BCUT2D eigenvalue weighted by Gasteiger charge is 2.38. The molecule has 0 fully saturated rings. The van der Waals surface area contributed by atoms with E-state index >= 15 is 0 Å². The van der Waals surface area contributed by atoms with Crippen molar-refractivity contribution in [3.8, 4) is 0 Å². The molecular formula is C23H12BrCl2NO5. The highest BCUT2D eigenvalue weighted by Crippen LogP contribution is 2.35. The van der Waals surface area contributed by atoms with Crippen LogP contribution in [-0.4, -0.2) is 30.2 Å². The summed E-state index contributed by atoms with van der Waals surface area (Å²) in [6, 6.07) is 15.0. The molecule has 160 valence electrons. The molecule has 6 nitrogen and oxygen atoms in total. The van der Waals surface area contributed by atoms with Gasteiger partial charge in [-0.3, -0.25) is 14.4 Å². The van der Waals surface area contributed by atoms with Crippen molar-refractivity contribution in [2.75, 3.05) is 11.5 Å². The summed E-state index contributed by atoms with van der Waals surface area (Å²) in [6.45, 7) is -0.461. The molecule has 1 aliphatic rings. The minimum absolute atomic E-state index is 0.0368. The maximum atomic E-state index is 12.9. The third-order valence-corrected chi connectivity index (χ3v) is 5.84. The zero-order valence-corrected chi connectivity index (χ0v) is 19.2. The molecule has 32 heavy (non-hydrogen) atoms. The van der Waals surface area contributed by atoms with Crippen LogP contribution in [0, 0.1) is 0 Å². The average Bonchev–Trinajstić information content (AvgIpc) is 3.02. The Morgan fingerprint density at radius 1 is 0.844 bits per heavy atom. The lowest BCUT2D eigenvalue weighted by molar-refractivity contribution is 0.0474. The molecule has 0 aromatic heterocycles. The molecule has 0 unspecified atom stereocenters. The van der Waals surface area contributed by atoms with Gasteiger partial charge in [-0.15, -0.1) is 0 Å². The van der Waals surface area contributed by atoms with Crippen LogP contribution in [0.5, 0.6) is 0 Å². The van der Waals surface area contributed by atoms with Gasteiger partial charge in [0.25, 0.3) is 11.8 Å². The van der Waals surface area contributed by atoms with Crippen molar-refractivity contribution < 1.29 is 23.9 Å². The van der Waals surface area contributed by atoms with Gasteiger partial charge in [-0.25, -0.2) is 9.69 Å². The molecule has 0 N–H and O–H groups in total. The molecule has 1 aliphatic heterocycles. The van der Waals surface area contributed by atoms with E-state index in [0.29, 0.717) is 10.6 Å². The van der Waals surface area contributed by atoms with Gasteiger partial charge in [0.15, 0.2) is 12.4 Å². The van der Waals surface area contributed by atoms with E-state index in [0.717, 1.165) is 9.37 Å². The van der Waals surface area contributed by atoms with Crippen LogP contribution in [0.1, 0.15) is 41.4 Å². The van der Waals surface area contributed by atoms with Crippen LogP contribution >= 0.6 is 39.1 Å². The maximum absolute atomic E-state index is 12.9.